The van der Waals surface area contributed by atoms with Gasteiger partial charge in [0, 0.05) is 31.4 Å². The second kappa shape index (κ2) is 8.07. The van der Waals surface area contributed by atoms with E-state index < -0.39 is 0 Å². The number of pyridine rings is 1. The van der Waals surface area contributed by atoms with Crippen molar-refractivity contribution >= 4 is 12.0 Å². The maximum Gasteiger partial charge on any atom is 0.324 e. The number of hydrogen-bond donors (Lipinski definition) is 3. The van der Waals surface area contributed by atoms with Crippen molar-refractivity contribution in [3.05, 3.63) is 30.1 Å². The van der Waals surface area contributed by atoms with Crippen molar-refractivity contribution in [3.8, 4) is 0 Å². The zero-order valence-electron chi connectivity index (χ0n) is 11.2. The number of hydrogen-bond acceptors (Lipinski definition) is 3. The minimum absolute atomic E-state index is 0.245. The van der Waals surface area contributed by atoms with E-state index in [-0.39, 0.29) is 12.0 Å². The van der Waals surface area contributed by atoms with Gasteiger partial charge in [0.25, 0.3) is 0 Å². The van der Waals surface area contributed by atoms with Crippen LogP contribution in [-0.4, -0.2) is 35.0 Å². The van der Waals surface area contributed by atoms with Crippen LogP contribution in [0.25, 0.3) is 0 Å². The van der Waals surface area contributed by atoms with E-state index in [0.717, 1.165) is 18.5 Å². The molecule has 4 N–H and O–H groups in total. The molecule has 0 aliphatic heterocycles. The molecule has 0 saturated carbocycles. The van der Waals surface area contributed by atoms with Gasteiger partial charge in [-0.2, -0.15) is 0 Å². The highest BCUT2D eigenvalue weighted by Crippen LogP contribution is 1.98. The van der Waals surface area contributed by atoms with Crippen molar-refractivity contribution in [2.45, 2.75) is 26.2 Å². The maximum atomic E-state index is 11.9. The minimum atomic E-state index is -0.322. The van der Waals surface area contributed by atoms with Gasteiger partial charge in [-0.15, -0.1) is 0 Å². The van der Waals surface area contributed by atoms with Crippen LogP contribution < -0.4 is 11.1 Å². The quantitative estimate of drug-likeness (QED) is 0.410. The fourth-order valence-corrected chi connectivity index (χ4v) is 1.57. The number of unbranched alkanes of at least 4 members (excludes halogenated alkanes) is 1. The standard InChI is InChI=1S/C13H21N5O/c1-2-3-8-17-13(19)18(12(14)15)10-7-11-6-4-5-9-16-11/h4-6,9H,2-3,7-8,10H2,1H3,(H3,14,15)(H,17,19). The van der Waals surface area contributed by atoms with E-state index in [1.54, 1.807) is 6.20 Å². The normalized spacial score (nSPS) is 9.95. The van der Waals surface area contributed by atoms with Gasteiger partial charge in [0.1, 0.15) is 0 Å². The van der Waals surface area contributed by atoms with Crippen molar-refractivity contribution < 1.29 is 4.79 Å². The van der Waals surface area contributed by atoms with E-state index in [1.165, 1.54) is 4.90 Å². The van der Waals surface area contributed by atoms with Gasteiger partial charge in [-0.3, -0.25) is 15.3 Å². The summed E-state index contributed by atoms with van der Waals surface area (Å²) in [5.74, 6) is -0.245. The molecule has 19 heavy (non-hydrogen) atoms. The molecule has 2 amide bonds. The first-order valence-corrected chi connectivity index (χ1v) is 6.44. The number of rotatable bonds is 6. The number of urea groups is 1. The molecule has 1 heterocycles. The molecule has 0 aliphatic rings. The largest absolute Gasteiger partial charge is 0.370 e. The number of nitrogens with one attached hydrogen (secondary N) is 2. The number of carbonyl (C=O) groups is 1. The summed E-state index contributed by atoms with van der Waals surface area (Å²) in [7, 11) is 0. The van der Waals surface area contributed by atoms with Gasteiger partial charge >= 0.3 is 6.03 Å². The van der Waals surface area contributed by atoms with Crippen molar-refractivity contribution in [3.63, 3.8) is 0 Å². The fourth-order valence-electron chi connectivity index (χ4n) is 1.57. The highest BCUT2D eigenvalue weighted by atomic mass is 16.2. The highest BCUT2D eigenvalue weighted by Gasteiger charge is 2.15. The van der Waals surface area contributed by atoms with Gasteiger partial charge in [-0.05, 0) is 18.6 Å². The summed E-state index contributed by atoms with van der Waals surface area (Å²) in [5, 5.41) is 10.2. The molecule has 1 aromatic rings. The zero-order valence-corrected chi connectivity index (χ0v) is 11.2. The third kappa shape index (κ3) is 5.37. The molecule has 0 aromatic carbocycles. The number of carbonyl (C=O) groups excluding carboxylic acids is 1. The van der Waals surface area contributed by atoms with Crippen LogP contribution in [0.5, 0.6) is 0 Å². The molecular formula is C13H21N5O. The Labute approximate surface area is 113 Å². The molecule has 0 bridgehead atoms. The Balaban J connectivity index is 2.48. The molecule has 1 rings (SSSR count). The van der Waals surface area contributed by atoms with Crippen LogP contribution in [0.1, 0.15) is 25.5 Å². The number of amides is 2. The Bertz CT molecular complexity index is 407. The Hall–Kier alpha value is -2.11. The predicted molar refractivity (Wildman–Crippen MR) is 74.9 cm³/mol. The average Bonchev–Trinajstić information content (AvgIpc) is 2.40. The van der Waals surface area contributed by atoms with Gasteiger partial charge in [-0.1, -0.05) is 19.4 Å². The van der Waals surface area contributed by atoms with E-state index in [2.05, 4.69) is 17.2 Å². The van der Waals surface area contributed by atoms with Gasteiger partial charge in [0.15, 0.2) is 5.96 Å². The van der Waals surface area contributed by atoms with Gasteiger partial charge in [0.2, 0.25) is 0 Å². The first-order valence-electron chi connectivity index (χ1n) is 6.44. The van der Waals surface area contributed by atoms with E-state index in [4.69, 9.17) is 11.1 Å². The molecule has 0 radical (unpaired) electrons. The lowest BCUT2D eigenvalue weighted by molar-refractivity contribution is 0.220. The smallest absolute Gasteiger partial charge is 0.324 e. The molecule has 6 nitrogen and oxygen atoms in total. The fraction of sp³-hybridized carbons (Fsp3) is 0.462. The average molecular weight is 263 g/mol. The summed E-state index contributed by atoms with van der Waals surface area (Å²) in [6.07, 6.45) is 4.20. The third-order valence-electron chi connectivity index (χ3n) is 2.66. The molecule has 0 spiro atoms. The minimum Gasteiger partial charge on any atom is -0.370 e. The summed E-state index contributed by atoms with van der Waals surface area (Å²) in [6.45, 7) is 3.00. The van der Waals surface area contributed by atoms with Crippen LogP contribution in [0.4, 0.5) is 4.79 Å². The molecule has 0 fully saturated rings. The Morgan fingerprint density at radius 2 is 2.32 bits per heavy atom. The van der Waals surface area contributed by atoms with Crippen LogP contribution >= 0.6 is 0 Å². The lowest BCUT2D eigenvalue weighted by atomic mass is 10.2. The summed E-state index contributed by atoms with van der Waals surface area (Å²) >= 11 is 0. The Morgan fingerprint density at radius 3 is 2.89 bits per heavy atom. The van der Waals surface area contributed by atoms with Gasteiger partial charge in [0.05, 0.1) is 0 Å². The van der Waals surface area contributed by atoms with Crippen molar-refractivity contribution in [1.82, 2.24) is 15.2 Å². The van der Waals surface area contributed by atoms with Crippen LogP contribution in [0.2, 0.25) is 0 Å². The summed E-state index contributed by atoms with van der Waals surface area (Å²) < 4.78 is 0. The zero-order chi connectivity index (χ0) is 14.1. The van der Waals surface area contributed by atoms with Gasteiger partial charge in [-0.25, -0.2) is 4.79 Å². The highest BCUT2D eigenvalue weighted by molar-refractivity contribution is 5.93. The van der Waals surface area contributed by atoms with Crippen LogP contribution in [0.3, 0.4) is 0 Å². The molecular weight excluding hydrogens is 242 g/mol. The lowest BCUT2D eigenvalue weighted by Gasteiger charge is -2.20. The molecule has 0 unspecified atom stereocenters. The van der Waals surface area contributed by atoms with Crippen molar-refractivity contribution in [1.29, 1.82) is 5.41 Å². The number of nitrogens with two attached hydrogens (primary N) is 1. The molecule has 104 valence electrons. The number of nitrogens with zero attached hydrogens (tertiary/aromatic N) is 2. The second-order valence-electron chi connectivity index (χ2n) is 4.19. The summed E-state index contributed by atoms with van der Waals surface area (Å²) in [4.78, 5) is 17.3. The SMILES string of the molecule is CCCCNC(=O)N(CCc1ccccn1)C(=N)N. The lowest BCUT2D eigenvalue weighted by Crippen LogP contribution is -2.48. The van der Waals surface area contributed by atoms with Crippen molar-refractivity contribution in [2.24, 2.45) is 5.73 Å². The van der Waals surface area contributed by atoms with E-state index in [9.17, 15) is 4.79 Å². The molecule has 0 saturated heterocycles. The van der Waals surface area contributed by atoms with E-state index in [0.29, 0.717) is 19.5 Å². The van der Waals surface area contributed by atoms with Crippen LogP contribution in [0, 0.1) is 5.41 Å². The number of aromatic nitrogens is 1. The number of guanidine groups is 1. The Kier molecular flexibility index (Phi) is 6.35. The van der Waals surface area contributed by atoms with E-state index >= 15 is 0 Å². The topological polar surface area (TPSA) is 95.1 Å². The first-order chi connectivity index (χ1) is 9.15. The van der Waals surface area contributed by atoms with Crippen LogP contribution in [0.15, 0.2) is 24.4 Å². The maximum absolute atomic E-state index is 11.9. The molecule has 6 heteroatoms. The predicted octanol–water partition coefficient (Wildman–Crippen LogP) is 1.33. The molecule has 0 aliphatic carbocycles. The third-order valence-corrected chi connectivity index (χ3v) is 2.66. The van der Waals surface area contributed by atoms with Crippen molar-refractivity contribution in [2.75, 3.05) is 13.1 Å². The second-order valence-corrected chi connectivity index (χ2v) is 4.19. The molecule has 0 atom stereocenters. The van der Waals surface area contributed by atoms with E-state index in [1.807, 2.05) is 18.2 Å². The molecule has 1 aromatic heterocycles. The summed E-state index contributed by atoms with van der Waals surface area (Å²) in [5.41, 5.74) is 6.30. The monoisotopic (exact) mass is 263 g/mol. The summed E-state index contributed by atoms with van der Waals surface area (Å²) in [6, 6.07) is 5.29. The Morgan fingerprint density at radius 1 is 1.53 bits per heavy atom. The van der Waals surface area contributed by atoms with Gasteiger partial charge < -0.3 is 11.1 Å². The first kappa shape index (κ1) is 14.9. The van der Waals surface area contributed by atoms with Crippen LogP contribution in [-0.2, 0) is 6.42 Å².